The predicted octanol–water partition coefficient (Wildman–Crippen LogP) is 3.01. The van der Waals surface area contributed by atoms with E-state index in [1.54, 1.807) is 37.3 Å². The Morgan fingerprint density at radius 2 is 1.83 bits per heavy atom. The molecule has 0 aliphatic carbocycles. The molecule has 0 spiro atoms. The van der Waals surface area contributed by atoms with Gasteiger partial charge in [0, 0.05) is 15.7 Å². The zero-order valence-corrected chi connectivity index (χ0v) is 18.1. The second-order valence-electron chi connectivity index (χ2n) is 6.88. The summed E-state index contributed by atoms with van der Waals surface area (Å²) < 4.78 is 0.765. The number of nitrogens with zero attached hydrogens (tertiary/aromatic N) is 2. The first-order valence-electron chi connectivity index (χ1n) is 8.94. The van der Waals surface area contributed by atoms with E-state index >= 15 is 0 Å². The minimum atomic E-state index is -1.07. The van der Waals surface area contributed by atoms with Crippen molar-refractivity contribution in [1.82, 2.24) is 4.90 Å². The topological polar surface area (TPSA) is 95.0 Å². The van der Waals surface area contributed by atoms with Crippen molar-refractivity contribution in [3.8, 4) is 0 Å². The lowest BCUT2D eigenvalue weighted by atomic mass is 10.0. The molecule has 3 amide bonds. The van der Waals surface area contributed by atoms with Crippen LogP contribution in [0, 0.1) is 17.4 Å². The number of fused-ring (bicyclic) bond motifs is 1. The van der Waals surface area contributed by atoms with Gasteiger partial charge in [-0.15, -0.1) is 0 Å². The van der Waals surface area contributed by atoms with Gasteiger partial charge in [0.15, 0.2) is 0 Å². The summed E-state index contributed by atoms with van der Waals surface area (Å²) in [6, 6.07) is 10.2. The lowest BCUT2D eigenvalue weighted by Crippen LogP contribution is -2.43. The van der Waals surface area contributed by atoms with Crippen LogP contribution in [0.25, 0.3) is 0 Å². The van der Waals surface area contributed by atoms with Crippen LogP contribution in [0.4, 0.5) is 5.69 Å². The van der Waals surface area contributed by atoms with Crippen LogP contribution in [-0.4, -0.2) is 46.8 Å². The van der Waals surface area contributed by atoms with Crippen LogP contribution in [-0.2, 0) is 9.59 Å². The van der Waals surface area contributed by atoms with Crippen molar-refractivity contribution < 1.29 is 24.3 Å². The molecule has 150 valence electrons. The molecule has 1 heterocycles. The van der Waals surface area contributed by atoms with Crippen LogP contribution in [0.5, 0.6) is 0 Å². The van der Waals surface area contributed by atoms with E-state index in [-0.39, 0.29) is 30.8 Å². The molecule has 0 atom stereocenters. The number of halogens is 1. The van der Waals surface area contributed by atoms with Gasteiger partial charge in [0.25, 0.3) is 17.7 Å². The Balaban J connectivity index is 2.09. The van der Waals surface area contributed by atoms with Gasteiger partial charge in [-0.25, -0.2) is 4.90 Å². The number of aliphatic carboxylic acids is 1. The van der Waals surface area contributed by atoms with Crippen molar-refractivity contribution in [2.75, 3.05) is 18.0 Å². The highest BCUT2D eigenvalue weighted by atomic mass is 127. The fourth-order valence-electron chi connectivity index (χ4n) is 3.29. The Morgan fingerprint density at radius 3 is 2.48 bits per heavy atom. The number of hydrogen-bond acceptors (Lipinski definition) is 4. The van der Waals surface area contributed by atoms with Crippen molar-refractivity contribution >= 4 is 52.0 Å². The second kappa shape index (κ2) is 8.32. The number of carbonyl (C=O) groups excluding carboxylic acids is 3. The maximum Gasteiger partial charge on any atom is 0.305 e. The van der Waals surface area contributed by atoms with E-state index in [0.29, 0.717) is 5.56 Å². The maximum atomic E-state index is 13.3. The minimum Gasteiger partial charge on any atom is -0.481 e. The molecule has 0 saturated carbocycles. The Labute approximate surface area is 181 Å². The van der Waals surface area contributed by atoms with Gasteiger partial charge in [0.1, 0.15) is 6.54 Å². The van der Waals surface area contributed by atoms with Gasteiger partial charge in [0.05, 0.1) is 17.7 Å². The number of carbonyl (C=O) groups is 4. The Kier molecular flexibility index (Phi) is 6.02. The summed E-state index contributed by atoms with van der Waals surface area (Å²) in [6.45, 7) is 3.22. The van der Waals surface area contributed by atoms with E-state index in [2.05, 4.69) is 0 Å². The number of carboxylic acid groups (broad SMARTS) is 1. The second-order valence-corrected chi connectivity index (χ2v) is 8.13. The fourth-order valence-corrected chi connectivity index (χ4v) is 3.78. The number of hydrogen-bond donors (Lipinski definition) is 1. The van der Waals surface area contributed by atoms with E-state index in [4.69, 9.17) is 5.11 Å². The predicted molar refractivity (Wildman–Crippen MR) is 115 cm³/mol. The van der Waals surface area contributed by atoms with Crippen LogP contribution in [0.15, 0.2) is 36.4 Å². The summed E-state index contributed by atoms with van der Waals surface area (Å²) in [5, 5.41) is 8.96. The highest BCUT2D eigenvalue weighted by Crippen LogP contribution is 2.29. The average molecular weight is 506 g/mol. The molecule has 0 bridgehead atoms. The highest BCUT2D eigenvalue weighted by Gasteiger charge is 2.36. The molecule has 0 saturated heterocycles. The van der Waals surface area contributed by atoms with E-state index < -0.39 is 23.7 Å². The third-order valence-electron chi connectivity index (χ3n) is 4.70. The third-order valence-corrected chi connectivity index (χ3v) is 5.37. The van der Waals surface area contributed by atoms with Gasteiger partial charge in [-0.3, -0.25) is 19.2 Å². The minimum absolute atomic E-state index is 0.115. The molecule has 29 heavy (non-hydrogen) atoms. The molecule has 7 nitrogen and oxygen atoms in total. The van der Waals surface area contributed by atoms with Crippen LogP contribution in [0.1, 0.15) is 38.3 Å². The van der Waals surface area contributed by atoms with Crippen LogP contribution < -0.4 is 4.90 Å². The summed E-state index contributed by atoms with van der Waals surface area (Å²) in [7, 11) is 0. The number of anilines is 1. The monoisotopic (exact) mass is 506 g/mol. The van der Waals surface area contributed by atoms with Gasteiger partial charge in [-0.1, -0.05) is 17.7 Å². The standard InChI is InChI=1S/C21H19IN2O5/c1-12-3-5-15(13(2)9-12)21(29)24-17-6-4-14(22)10-16(17)20(28)23(11-18(24)25)8-7-19(26)27/h3-6,9-10H,7-8,11H2,1-2H3,(H,26,27). The van der Waals surface area contributed by atoms with Gasteiger partial charge in [0.2, 0.25) is 0 Å². The zero-order valence-electron chi connectivity index (χ0n) is 15.9. The Hall–Kier alpha value is -2.75. The van der Waals surface area contributed by atoms with Gasteiger partial charge in [-0.05, 0) is 66.3 Å². The van der Waals surface area contributed by atoms with Crippen molar-refractivity contribution in [2.45, 2.75) is 20.3 Å². The molecule has 1 N–H and O–H groups in total. The molecule has 8 heteroatoms. The quantitative estimate of drug-likeness (QED) is 0.509. The molecule has 2 aromatic carbocycles. The molecule has 0 unspecified atom stereocenters. The van der Waals surface area contributed by atoms with Crippen molar-refractivity contribution in [3.63, 3.8) is 0 Å². The van der Waals surface area contributed by atoms with Gasteiger partial charge in [-0.2, -0.15) is 0 Å². The Morgan fingerprint density at radius 1 is 1.10 bits per heavy atom. The number of carboxylic acids is 1. The molecule has 0 radical (unpaired) electrons. The van der Waals surface area contributed by atoms with Gasteiger partial charge < -0.3 is 10.0 Å². The summed E-state index contributed by atoms with van der Waals surface area (Å²) >= 11 is 2.04. The zero-order chi connectivity index (χ0) is 21.3. The third kappa shape index (κ3) is 4.31. The van der Waals surface area contributed by atoms with Gasteiger partial charge >= 0.3 is 5.97 Å². The molecular formula is C21H19IN2O5. The van der Waals surface area contributed by atoms with Crippen LogP contribution in [0.2, 0.25) is 0 Å². The molecule has 0 aromatic heterocycles. The summed E-state index contributed by atoms with van der Waals surface area (Å²) in [4.78, 5) is 52.5. The molecular weight excluding hydrogens is 487 g/mol. The normalized spacial score (nSPS) is 13.9. The summed E-state index contributed by atoms with van der Waals surface area (Å²) in [6.07, 6.45) is -0.288. The lowest BCUT2D eigenvalue weighted by molar-refractivity contribution is -0.137. The SMILES string of the molecule is Cc1ccc(C(=O)N2C(=O)CN(CCC(=O)O)C(=O)c3cc(I)ccc32)c(C)c1. The van der Waals surface area contributed by atoms with E-state index in [0.717, 1.165) is 19.6 Å². The average Bonchev–Trinajstić information content (AvgIpc) is 2.74. The van der Waals surface area contributed by atoms with Crippen LogP contribution in [0.3, 0.4) is 0 Å². The van der Waals surface area contributed by atoms with E-state index in [1.165, 1.54) is 4.90 Å². The number of benzene rings is 2. The first-order chi connectivity index (χ1) is 13.7. The molecule has 1 aliphatic rings. The fraction of sp³-hybridized carbons (Fsp3) is 0.238. The number of rotatable bonds is 4. The van der Waals surface area contributed by atoms with Crippen molar-refractivity contribution in [1.29, 1.82) is 0 Å². The maximum absolute atomic E-state index is 13.3. The molecule has 2 aromatic rings. The van der Waals surface area contributed by atoms with Crippen LogP contribution >= 0.6 is 22.6 Å². The molecule has 1 aliphatic heterocycles. The molecule has 3 rings (SSSR count). The van der Waals surface area contributed by atoms with Crippen molar-refractivity contribution in [2.24, 2.45) is 0 Å². The largest absolute Gasteiger partial charge is 0.481 e. The number of aryl methyl sites for hydroxylation is 2. The lowest BCUT2D eigenvalue weighted by Gasteiger charge is -2.22. The first kappa shape index (κ1) is 21.0. The summed E-state index contributed by atoms with van der Waals surface area (Å²) in [5.74, 6) is -2.62. The molecule has 0 fully saturated rings. The first-order valence-corrected chi connectivity index (χ1v) is 10.0. The smallest absolute Gasteiger partial charge is 0.305 e. The summed E-state index contributed by atoms with van der Waals surface area (Å²) in [5.41, 5.74) is 2.51. The van der Waals surface area contributed by atoms with E-state index in [1.807, 2.05) is 35.6 Å². The number of amides is 3. The van der Waals surface area contributed by atoms with Crippen molar-refractivity contribution in [3.05, 3.63) is 62.2 Å². The highest BCUT2D eigenvalue weighted by molar-refractivity contribution is 14.1. The van der Waals surface area contributed by atoms with E-state index in [9.17, 15) is 19.2 Å². The Bertz CT molecular complexity index is 1030. The number of imide groups is 1.